The predicted octanol–water partition coefficient (Wildman–Crippen LogP) is 8.49. The van der Waals surface area contributed by atoms with Crippen LogP contribution < -0.4 is 0 Å². The maximum Gasteiger partial charge on any atom is 0.242 e. The lowest BCUT2D eigenvalue weighted by Gasteiger charge is -2.45. The molecule has 3 aromatic rings. The van der Waals surface area contributed by atoms with Crippen molar-refractivity contribution in [3.8, 4) is 0 Å². The van der Waals surface area contributed by atoms with Crippen LogP contribution in [0.4, 0.5) is 0 Å². The zero-order chi connectivity index (χ0) is 69.0. The van der Waals surface area contributed by atoms with Gasteiger partial charge in [-0.2, -0.15) is 0 Å². The number of hydrogen-bond donors (Lipinski definition) is 0. The van der Waals surface area contributed by atoms with Gasteiger partial charge in [0, 0.05) is 88.5 Å². The van der Waals surface area contributed by atoms with E-state index in [9.17, 15) is 28.8 Å². The van der Waals surface area contributed by atoms with E-state index in [0.29, 0.717) is 58.2 Å². The molecule has 0 N–H and O–H groups in total. The second-order valence-electron chi connectivity index (χ2n) is 18.8. The first-order valence-electron chi connectivity index (χ1n) is 35.7. The Kier molecular flexibility index (Phi) is 9.27. The number of benzene rings is 3. The topological polar surface area (TPSA) is 122 Å². The van der Waals surface area contributed by atoms with E-state index in [-0.39, 0.29) is 50.8 Å². The van der Waals surface area contributed by atoms with Crippen molar-refractivity contribution < 1.29 is 60.3 Å². The number of carbonyl (C=O) groups excluding carboxylic acids is 6. The minimum atomic E-state index is -3.79. The average molecular weight is 990 g/mol. The Morgan fingerprint density at radius 3 is 1.27 bits per heavy atom. The van der Waals surface area contributed by atoms with Crippen molar-refractivity contribution in [3.63, 3.8) is 0 Å². The molecule has 0 radical (unpaired) electrons. The van der Waals surface area contributed by atoms with Gasteiger partial charge in [-0.3, -0.25) is 28.8 Å². The van der Waals surface area contributed by atoms with Crippen molar-refractivity contribution >= 4 is 35.4 Å². The van der Waals surface area contributed by atoms with Gasteiger partial charge in [-0.15, -0.1) is 0 Å². The molecule has 6 aliphatic heterocycles. The highest BCUT2D eigenvalue weighted by Crippen LogP contribution is 2.38. The van der Waals surface area contributed by atoms with E-state index in [1.54, 1.807) is 39.0 Å². The van der Waals surface area contributed by atoms with Crippen molar-refractivity contribution in [1.29, 1.82) is 0 Å². The van der Waals surface area contributed by atoms with Gasteiger partial charge in [0.25, 0.3) is 0 Å². The molecule has 6 heterocycles. The Morgan fingerprint density at radius 1 is 0.493 bits per heavy atom. The van der Waals surface area contributed by atoms with Crippen molar-refractivity contribution in [2.24, 2.45) is 23.6 Å². The third-order valence-electron chi connectivity index (χ3n) is 14.6. The van der Waals surface area contributed by atoms with Crippen LogP contribution in [0.15, 0.2) is 72.8 Å². The van der Waals surface area contributed by atoms with Crippen LogP contribution in [0.2, 0.25) is 0 Å². The molecule has 0 spiro atoms. The monoisotopic (exact) mass is 990 g/mol. The van der Waals surface area contributed by atoms with Gasteiger partial charge in [0.05, 0.1) is 37.8 Å². The van der Waals surface area contributed by atoms with E-state index >= 15 is 0 Å². The summed E-state index contributed by atoms with van der Waals surface area (Å²) in [6, 6.07) is 21.4. The molecule has 3 aliphatic carbocycles. The van der Waals surface area contributed by atoms with E-state index in [1.807, 2.05) is 41.3 Å². The predicted molar refractivity (Wildman–Crippen MR) is 275 cm³/mol. The van der Waals surface area contributed by atoms with E-state index in [2.05, 4.69) is 12.1 Å². The maximum atomic E-state index is 13.7. The maximum absolute atomic E-state index is 13.7. The molecule has 12 heteroatoms. The molecule has 0 bridgehead atoms. The summed E-state index contributed by atoms with van der Waals surface area (Å²) in [5, 5.41) is 0. The van der Waals surface area contributed by atoms with Gasteiger partial charge in [0.2, 0.25) is 35.4 Å². The smallest absolute Gasteiger partial charge is 0.242 e. The first-order chi connectivity index (χ1) is 42.7. The lowest BCUT2D eigenvalue weighted by atomic mass is 9.82. The summed E-state index contributed by atoms with van der Waals surface area (Å²) in [5.74, 6) is -14.5. The Bertz CT molecular complexity index is 3300. The lowest BCUT2D eigenvalue weighted by Crippen LogP contribution is -2.56. The van der Waals surface area contributed by atoms with Gasteiger partial charge >= 0.3 is 0 Å². The van der Waals surface area contributed by atoms with Crippen LogP contribution in [0.1, 0.15) is 187 Å². The lowest BCUT2D eigenvalue weighted by molar-refractivity contribution is -0.152. The van der Waals surface area contributed by atoms with E-state index in [1.165, 1.54) is 11.1 Å². The molecule has 3 atom stereocenters. The first-order valence-corrected chi connectivity index (χ1v) is 24.2. The Hall–Kier alpha value is -5.52. The largest absolute Gasteiger partial charge is 0.332 e. The Morgan fingerprint density at radius 2 is 0.859 bits per heavy atom. The van der Waals surface area contributed by atoms with Gasteiger partial charge in [-0.1, -0.05) is 125 Å². The number of carbonyl (C=O) groups is 6. The normalized spacial score (nSPS) is 40.7. The Balaban J connectivity index is 0.000000167. The van der Waals surface area contributed by atoms with Crippen molar-refractivity contribution in [1.82, 2.24) is 29.4 Å². The number of amides is 6. The van der Waals surface area contributed by atoms with Gasteiger partial charge in [-0.05, 0) is 110 Å². The highest BCUT2D eigenvalue weighted by molar-refractivity contribution is 5.89. The molecule has 3 saturated heterocycles. The van der Waals surface area contributed by atoms with E-state index < -0.39 is 130 Å². The molecule has 9 aliphatic rings. The highest BCUT2D eigenvalue weighted by Gasteiger charge is 2.43. The molecule has 12 rings (SSSR count). The van der Waals surface area contributed by atoms with E-state index in [4.69, 9.17) is 31.5 Å². The molecule has 12 nitrogen and oxygen atoms in total. The number of fused-ring (bicyclic) bond motifs is 9. The second kappa shape index (κ2) is 22.5. The van der Waals surface area contributed by atoms with Gasteiger partial charge in [-0.25, -0.2) is 0 Å². The summed E-state index contributed by atoms with van der Waals surface area (Å²) in [4.78, 5) is 87.1. The van der Waals surface area contributed by atoms with Crippen molar-refractivity contribution in [2.45, 2.75) is 141 Å². The summed E-state index contributed by atoms with van der Waals surface area (Å²) in [6.07, 6.45) is -29.9. The minimum Gasteiger partial charge on any atom is -0.332 e. The molecule has 3 unspecified atom stereocenters. The van der Waals surface area contributed by atoms with Crippen LogP contribution in [0.3, 0.4) is 0 Å². The fourth-order valence-electron chi connectivity index (χ4n) is 11.0. The summed E-state index contributed by atoms with van der Waals surface area (Å²) < 4.78 is 189. The number of nitrogens with zero attached hydrogens (tertiary/aromatic N) is 6. The quantitative estimate of drug-likeness (QED) is 0.260. The molecular formula is C59H78N6O6. The zero-order valence-corrected chi connectivity index (χ0v) is 39.2. The van der Waals surface area contributed by atoms with Crippen molar-refractivity contribution in [2.75, 3.05) is 58.9 Å². The molecule has 3 saturated carbocycles. The average Bonchev–Trinajstić information content (AvgIpc) is 0.665. The Labute approximate surface area is 454 Å². The zero-order valence-electron chi connectivity index (χ0n) is 62.2. The molecule has 3 aromatic carbocycles. The van der Waals surface area contributed by atoms with Gasteiger partial charge < -0.3 is 29.4 Å². The minimum absolute atomic E-state index is 0. The standard InChI is InChI=1S/C20H26N2O2.2C19H24N2O2.CH4/c1-14-6-8-16(9-7-14)20(24)21-12-18-17-5-3-2-4-15(17)10-11-22(18)19(23)13-21;2*22-18-13-20(19(23)15-7-2-1-3-8-15)12-17-16-9-5-4-6-14(16)10-11-21(17)18;/h2-5,14,16,18H,6-13H2,1H3;2*4-6,9,15,17H,1-3,7-8,10-13H2;1H4/i6D2,7D2,8D2,9D2,14D,16D;1D2,2D2,3D2,7D2,8D2,15D;1D2;. The van der Waals surface area contributed by atoms with Crippen LogP contribution in [0.5, 0.6) is 0 Å². The van der Waals surface area contributed by atoms with Crippen LogP contribution in [-0.2, 0) is 48.0 Å². The number of rotatable bonds is 3. The van der Waals surface area contributed by atoms with Crippen molar-refractivity contribution in [3.05, 3.63) is 106 Å². The molecule has 71 heavy (non-hydrogen) atoms. The summed E-state index contributed by atoms with van der Waals surface area (Å²) in [6.45, 7) is 1.41. The molecule has 380 valence electrons. The number of hydrogen-bond acceptors (Lipinski definition) is 6. The summed E-state index contributed by atoms with van der Waals surface area (Å²) in [5.41, 5.74) is 5.87. The molecular weight excluding hydrogens is 889 g/mol. The van der Waals surface area contributed by atoms with Gasteiger partial charge in [0.15, 0.2) is 0 Å². The number of piperazine rings is 3. The SMILES string of the molecule is C.[2H]C1([2H])C([2H])([2H])C([2H])(C(=O)N2CC(=O)N3CCc4ccccc4C3C2)C([2H])([2H])C([2H])([2H])C1([2H])C.[2H]C1([2H])C([2H])([2H])C([2H])([2H])C([2H])(C(=O)N2CC(=O)N3CCc4ccccc4C3C2)C([2H])([2H])C1([2H])[2H].[2H]C1([2H])CCC(C(=O)N2CC(=O)N3CCc4ccccc4C3C2)CC1. The van der Waals surface area contributed by atoms with E-state index in [0.717, 1.165) is 51.9 Å². The summed E-state index contributed by atoms with van der Waals surface area (Å²) in [7, 11) is 0. The molecule has 6 fully saturated rings. The fraction of sp³-hybridized carbons (Fsp3) is 0.593. The van der Waals surface area contributed by atoms with Crippen LogP contribution in [-0.4, -0.2) is 124 Å². The molecule has 0 aromatic heterocycles. The summed E-state index contributed by atoms with van der Waals surface area (Å²) >= 11 is 0. The van der Waals surface area contributed by atoms with Crippen LogP contribution in [0, 0.1) is 23.6 Å². The third-order valence-corrected chi connectivity index (χ3v) is 14.6. The fourth-order valence-corrected chi connectivity index (χ4v) is 11.0. The van der Waals surface area contributed by atoms with Crippen LogP contribution in [0.25, 0.3) is 0 Å². The van der Waals surface area contributed by atoms with Gasteiger partial charge in [0.1, 0.15) is 0 Å². The second-order valence-corrected chi connectivity index (χ2v) is 18.8. The van der Waals surface area contributed by atoms with Crippen LogP contribution >= 0.6 is 0 Å². The third kappa shape index (κ3) is 10.8. The highest BCUT2D eigenvalue weighted by atomic mass is 16.2. The first kappa shape index (κ1) is 29.2. The molecule has 6 amide bonds.